The second-order valence-electron chi connectivity index (χ2n) is 11.4. The van der Waals surface area contributed by atoms with Gasteiger partial charge in [0, 0.05) is 22.2 Å². The number of hydrogen-bond donors (Lipinski definition) is 0. The summed E-state index contributed by atoms with van der Waals surface area (Å²) >= 11 is 3.73. The highest BCUT2D eigenvalue weighted by molar-refractivity contribution is 9.10. The van der Waals surface area contributed by atoms with Crippen molar-refractivity contribution < 1.29 is 9.53 Å². The third-order valence-corrected chi connectivity index (χ3v) is 8.93. The third kappa shape index (κ3) is 8.47. The van der Waals surface area contributed by atoms with Crippen LogP contribution in [-0.4, -0.2) is 12.4 Å². The Morgan fingerprint density at radius 2 is 1.62 bits per heavy atom. The minimum Gasteiger partial charge on any atom is -0.493 e. The summed E-state index contributed by atoms with van der Waals surface area (Å²) in [5.41, 5.74) is 6.15. The molecule has 0 aromatic heterocycles. The maximum absolute atomic E-state index is 13.7. The number of aryl methyl sites for hydroxylation is 1. The van der Waals surface area contributed by atoms with E-state index >= 15 is 0 Å². The summed E-state index contributed by atoms with van der Waals surface area (Å²) in [6, 6.07) is 10.7. The van der Waals surface area contributed by atoms with Crippen LogP contribution < -0.4 is 9.64 Å². The van der Waals surface area contributed by atoms with Crippen LogP contribution >= 0.6 is 15.9 Å². The first-order valence-electron chi connectivity index (χ1n) is 15.7. The van der Waals surface area contributed by atoms with Crippen molar-refractivity contribution in [3.8, 4) is 5.75 Å². The molecule has 0 bridgehead atoms. The van der Waals surface area contributed by atoms with Crippen molar-refractivity contribution in [3.05, 3.63) is 63.8 Å². The minimum atomic E-state index is -0.0685. The van der Waals surface area contributed by atoms with E-state index in [2.05, 4.69) is 94.1 Å². The third-order valence-electron chi connectivity index (χ3n) is 8.27. The van der Waals surface area contributed by atoms with Gasteiger partial charge in [-0.1, -0.05) is 92.9 Å². The fraction of sp³-hybridized carbons (Fsp3) is 0.583. The van der Waals surface area contributed by atoms with Gasteiger partial charge in [0.1, 0.15) is 5.75 Å². The van der Waals surface area contributed by atoms with E-state index in [1.54, 1.807) is 0 Å². The monoisotopic (exact) mass is 611 g/mol. The second-order valence-corrected chi connectivity index (χ2v) is 12.3. The average molecular weight is 613 g/mol. The lowest BCUT2D eigenvalue weighted by Crippen LogP contribution is -2.25. The number of nitrogens with zero attached hydrogens (tertiary/aromatic N) is 1. The van der Waals surface area contributed by atoms with Crippen LogP contribution in [-0.2, 0) is 0 Å². The number of hydrogen-bond acceptors (Lipinski definition) is 3. The first-order chi connectivity index (χ1) is 19.2. The zero-order chi connectivity index (χ0) is 29.8. The lowest BCUT2D eigenvalue weighted by atomic mass is 9.87. The molecule has 0 N–H and O–H groups in total. The van der Waals surface area contributed by atoms with E-state index in [1.165, 1.54) is 36.8 Å². The van der Waals surface area contributed by atoms with Crippen LogP contribution in [0.5, 0.6) is 5.75 Å². The van der Waals surface area contributed by atoms with Gasteiger partial charge in [0.2, 0.25) is 0 Å². The van der Waals surface area contributed by atoms with Gasteiger partial charge in [-0.25, -0.2) is 0 Å². The van der Waals surface area contributed by atoms with Crippen LogP contribution in [0, 0.1) is 18.8 Å². The Morgan fingerprint density at radius 3 is 2.23 bits per heavy atom. The zero-order valence-electron chi connectivity index (χ0n) is 26.5. The minimum absolute atomic E-state index is 0.0685. The quantitative estimate of drug-likeness (QED) is 0.124. The molecule has 0 spiro atoms. The smallest absolute Gasteiger partial charge is 0.168 e. The molecule has 222 valence electrons. The number of rotatable bonds is 18. The normalized spacial score (nSPS) is 13.5. The highest BCUT2D eigenvalue weighted by Gasteiger charge is 2.28. The molecular weight excluding hydrogens is 558 g/mol. The number of unbranched alkanes of at least 4 members (excludes halogenated alkanes) is 2. The van der Waals surface area contributed by atoms with Crippen LogP contribution in [0.25, 0.3) is 0 Å². The number of allylic oxidation sites excluding steroid dienone is 1. The molecule has 0 saturated heterocycles. The Kier molecular flexibility index (Phi) is 14.5. The van der Waals surface area contributed by atoms with Gasteiger partial charge in [-0.3, -0.25) is 4.79 Å². The predicted molar refractivity (Wildman–Crippen MR) is 177 cm³/mol. The van der Waals surface area contributed by atoms with Crippen LogP contribution in [0.15, 0.2) is 47.1 Å². The zero-order valence-corrected chi connectivity index (χ0v) is 28.1. The fourth-order valence-corrected chi connectivity index (χ4v) is 5.86. The lowest BCUT2D eigenvalue weighted by molar-refractivity contribution is 0.0927. The molecular formula is C36H54BrNO2. The number of carbonyl (C=O) groups excluding carboxylic acids is 1. The van der Waals surface area contributed by atoms with E-state index in [0.717, 1.165) is 65.0 Å². The van der Waals surface area contributed by atoms with Crippen molar-refractivity contribution in [2.75, 3.05) is 11.5 Å². The maximum atomic E-state index is 13.7. The number of ketones is 1. The number of Topliss-reactive ketones (excluding diaryl/α,β-unsaturated/α-hetero) is 1. The van der Waals surface area contributed by atoms with Crippen molar-refractivity contribution in [2.45, 2.75) is 119 Å². The predicted octanol–water partition coefficient (Wildman–Crippen LogP) is 11.9. The second kappa shape index (κ2) is 17.0. The van der Waals surface area contributed by atoms with E-state index < -0.39 is 0 Å². The van der Waals surface area contributed by atoms with Gasteiger partial charge in [0.15, 0.2) is 5.78 Å². The van der Waals surface area contributed by atoms with Crippen molar-refractivity contribution in [1.82, 2.24) is 0 Å². The molecule has 2 aromatic carbocycles. The lowest BCUT2D eigenvalue weighted by Gasteiger charge is -2.34. The standard InChI is InChI=1S/C36H54BrNO2/c1-10-15-16-19-29(18-11-2)30-23-27(8)33(24-34(30)40-22-12-3)38(28(9)25(6)13-4)32-21-17-20-31(37)35(32)36(39)26(7)14-5/h17,20-21,23-26,29H,9-16,18-19,22H2,1-8H3. The number of carbonyl (C=O) groups is 1. The van der Waals surface area contributed by atoms with Crippen molar-refractivity contribution in [3.63, 3.8) is 0 Å². The van der Waals surface area contributed by atoms with Crippen LogP contribution in [0.1, 0.15) is 134 Å². The van der Waals surface area contributed by atoms with E-state index in [9.17, 15) is 4.79 Å². The molecule has 3 unspecified atom stereocenters. The Balaban J connectivity index is 2.83. The van der Waals surface area contributed by atoms with Gasteiger partial charge in [-0.15, -0.1) is 0 Å². The SMILES string of the molecule is C=C(C(C)CC)N(c1cc(OCCC)c(C(CCC)CCCCC)cc1C)c1cccc(Br)c1C(=O)C(C)CC. The van der Waals surface area contributed by atoms with Gasteiger partial charge in [0.05, 0.1) is 23.5 Å². The molecule has 0 radical (unpaired) electrons. The summed E-state index contributed by atoms with van der Waals surface area (Å²) in [7, 11) is 0. The van der Waals surface area contributed by atoms with Gasteiger partial charge >= 0.3 is 0 Å². The summed E-state index contributed by atoms with van der Waals surface area (Å²) in [5, 5.41) is 0. The van der Waals surface area contributed by atoms with E-state index in [-0.39, 0.29) is 17.6 Å². The molecule has 0 fully saturated rings. The first-order valence-corrected chi connectivity index (χ1v) is 16.5. The molecule has 0 saturated carbocycles. The highest BCUT2D eigenvalue weighted by Crippen LogP contribution is 2.44. The summed E-state index contributed by atoms with van der Waals surface area (Å²) in [6.07, 6.45) is 9.95. The maximum Gasteiger partial charge on any atom is 0.168 e. The van der Waals surface area contributed by atoms with Gasteiger partial charge in [-0.2, -0.15) is 0 Å². The van der Waals surface area contributed by atoms with E-state index in [4.69, 9.17) is 4.74 Å². The van der Waals surface area contributed by atoms with Crippen molar-refractivity contribution in [2.24, 2.45) is 11.8 Å². The molecule has 2 aromatic rings. The number of anilines is 2. The number of ether oxygens (including phenoxy) is 1. The molecule has 0 aliphatic heterocycles. The van der Waals surface area contributed by atoms with Crippen LogP contribution in [0.4, 0.5) is 11.4 Å². The number of benzene rings is 2. The molecule has 0 amide bonds. The summed E-state index contributed by atoms with van der Waals surface area (Å²) in [4.78, 5) is 16.0. The molecule has 0 heterocycles. The molecule has 4 heteroatoms. The molecule has 0 aliphatic rings. The van der Waals surface area contributed by atoms with Gasteiger partial charge < -0.3 is 9.64 Å². The fourth-order valence-electron chi connectivity index (χ4n) is 5.31. The topological polar surface area (TPSA) is 29.5 Å². The summed E-state index contributed by atoms with van der Waals surface area (Å²) in [5.74, 6) is 1.79. The Bertz CT molecular complexity index is 1110. The van der Waals surface area contributed by atoms with Crippen molar-refractivity contribution >= 4 is 33.1 Å². The van der Waals surface area contributed by atoms with Crippen molar-refractivity contribution in [1.29, 1.82) is 0 Å². The molecule has 3 atom stereocenters. The molecule has 40 heavy (non-hydrogen) atoms. The molecule has 2 rings (SSSR count). The largest absolute Gasteiger partial charge is 0.493 e. The Morgan fingerprint density at radius 1 is 0.925 bits per heavy atom. The van der Waals surface area contributed by atoms with Gasteiger partial charge in [-0.05, 0) is 90.1 Å². The van der Waals surface area contributed by atoms with Crippen LogP contribution in [0.3, 0.4) is 0 Å². The van der Waals surface area contributed by atoms with E-state index in [0.29, 0.717) is 12.5 Å². The molecule has 3 nitrogen and oxygen atoms in total. The Hall–Kier alpha value is -2.07. The summed E-state index contributed by atoms with van der Waals surface area (Å²) in [6.45, 7) is 22.7. The average Bonchev–Trinajstić information content (AvgIpc) is 2.95. The Labute approximate surface area is 253 Å². The van der Waals surface area contributed by atoms with Crippen LogP contribution in [0.2, 0.25) is 0 Å². The van der Waals surface area contributed by atoms with Gasteiger partial charge in [0.25, 0.3) is 0 Å². The summed E-state index contributed by atoms with van der Waals surface area (Å²) < 4.78 is 7.32. The molecule has 0 aliphatic carbocycles. The van der Waals surface area contributed by atoms with E-state index in [1.807, 2.05) is 19.1 Å². The highest BCUT2D eigenvalue weighted by atomic mass is 79.9. The first kappa shape index (κ1) is 34.1. The number of halogens is 1.